The van der Waals surface area contributed by atoms with Crippen molar-refractivity contribution in [1.82, 2.24) is 4.90 Å². The van der Waals surface area contributed by atoms with Crippen LogP contribution >= 0.6 is 11.8 Å². The minimum Gasteiger partial charge on any atom is -0.454 e. The van der Waals surface area contributed by atoms with Crippen LogP contribution in [0, 0.1) is 0 Å². The molecule has 0 radical (unpaired) electrons. The fourth-order valence-electron chi connectivity index (χ4n) is 2.38. The summed E-state index contributed by atoms with van der Waals surface area (Å²) in [6, 6.07) is 13.6. The number of hydrogen-bond acceptors (Lipinski definition) is 4. The molecule has 0 atom stereocenters. The van der Waals surface area contributed by atoms with Crippen molar-refractivity contribution < 1.29 is 14.3 Å². The Morgan fingerprint density at radius 3 is 2.68 bits per heavy atom. The Balaban J connectivity index is 1.76. The minimum atomic E-state index is -0.0729. The Morgan fingerprint density at radius 1 is 1.18 bits per heavy atom. The van der Waals surface area contributed by atoms with Crippen molar-refractivity contribution >= 4 is 17.7 Å². The van der Waals surface area contributed by atoms with E-state index in [1.807, 2.05) is 24.5 Å². The van der Waals surface area contributed by atoms with Crippen molar-refractivity contribution in [3.05, 3.63) is 53.6 Å². The van der Waals surface area contributed by atoms with Gasteiger partial charge in [0.1, 0.15) is 0 Å². The highest BCUT2D eigenvalue weighted by atomic mass is 32.2. The number of carbonyl (C=O) groups excluding carboxylic acids is 1. The van der Waals surface area contributed by atoms with E-state index in [9.17, 15) is 4.79 Å². The molecule has 2 aromatic carbocycles. The molecule has 0 fully saturated rings. The van der Waals surface area contributed by atoms with Gasteiger partial charge < -0.3 is 14.4 Å². The highest BCUT2D eigenvalue weighted by Crippen LogP contribution is 2.35. The number of amides is 1. The summed E-state index contributed by atoms with van der Waals surface area (Å²) in [5, 5.41) is 0. The molecule has 1 amide bonds. The first-order valence-corrected chi connectivity index (χ1v) is 8.18. The summed E-state index contributed by atoms with van der Waals surface area (Å²) < 4.78 is 10.7. The molecule has 0 unspecified atom stereocenters. The third-order valence-corrected chi connectivity index (χ3v) is 4.30. The molecule has 0 spiro atoms. The van der Waals surface area contributed by atoms with E-state index >= 15 is 0 Å². The second-order valence-corrected chi connectivity index (χ2v) is 5.93. The summed E-state index contributed by atoms with van der Waals surface area (Å²) in [5.74, 6) is 1.09. The molecule has 0 bridgehead atoms. The van der Waals surface area contributed by atoms with Crippen LogP contribution in [0.25, 0.3) is 0 Å². The van der Waals surface area contributed by atoms with E-state index in [0.717, 1.165) is 5.56 Å². The molecule has 22 heavy (non-hydrogen) atoms. The van der Waals surface area contributed by atoms with Gasteiger partial charge >= 0.3 is 0 Å². The lowest BCUT2D eigenvalue weighted by Gasteiger charge is -2.18. The first-order chi connectivity index (χ1) is 10.7. The molecule has 5 heteroatoms. The molecule has 0 saturated carbocycles. The Labute approximate surface area is 134 Å². The molecule has 3 rings (SSSR count). The van der Waals surface area contributed by atoms with Crippen molar-refractivity contribution in [1.29, 1.82) is 0 Å². The molecule has 114 valence electrons. The maximum Gasteiger partial charge on any atom is 0.257 e. The average molecular weight is 315 g/mol. The molecule has 1 aliphatic rings. The van der Waals surface area contributed by atoms with Crippen LogP contribution in [0.2, 0.25) is 0 Å². The van der Waals surface area contributed by atoms with Crippen LogP contribution in [0.3, 0.4) is 0 Å². The standard InChI is InChI=1S/C17H17NO3S/c1-18(10-12-6-8-13(22-2)9-7-12)17(19)14-4-3-5-15-16(14)21-11-20-15/h3-9H,10-11H2,1-2H3. The maximum atomic E-state index is 12.6. The summed E-state index contributed by atoms with van der Waals surface area (Å²) >= 11 is 1.70. The van der Waals surface area contributed by atoms with Gasteiger partial charge in [-0.1, -0.05) is 18.2 Å². The van der Waals surface area contributed by atoms with E-state index in [1.54, 1.807) is 35.8 Å². The number of carbonyl (C=O) groups is 1. The molecule has 0 aromatic heterocycles. The molecule has 0 saturated heterocycles. The average Bonchev–Trinajstić information content (AvgIpc) is 3.03. The van der Waals surface area contributed by atoms with E-state index in [0.29, 0.717) is 23.6 Å². The highest BCUT2D eigenvalue weighted by Gasteiger charge is 2.23. The number of benzene rings is 2. The number of ether oxygens (including phenoxy) is 2. The molecule has 1 aliphatic heterocycles. The van der Waals surface area contributed by atoms with Gasteiger partial charge in [-0.2, -0.15) is 0 Å². The quantitative estimate of drug-likeness (QED) is 0.811. The number of thioether (sulfide) groups is 1. The van der Waals surface area contributed by atoms with Crippen LogP contribution in [0.1, 0.15) is 15.9 Å². The second-order valence-electron chi connectivity index (χ2n) is 5.05. The summed E-state index contributed by atoms with van der Waals surface area (Å²) in [6.07, 6.45) is 2.04. The first-order valence-electron chi connectivity index (χ1n) is 6.96. The van der Waals surface area contributed by atoms with Gasteiger partial charge in [0.05, 0.1) is 5.56 Å². The SMILES string of the molecule is CSc1ccc(CN(C)C(=O)c2cccc3c2OCO3)cc1. The fraction of sp³-hybridized carbons (Fsp3) is 0.235. The van der Waals surface area contributed by atoms with Crippen LogP contribution in [0.15, 0.2) is 47.4 Å². The van der Waals surface area contributed by atoms with Gasteiger partial charge in [0.15, 0.2) is 11.5 Å². The second kappa shape index (κ2) is 6.32. The van der Waals surface area contributed by atoms with Gasteiger partial charge in [0, 0.05) is 18.5 Å². The van der Waals surface area contributed by atoms with Gasteiger partial charge in [-0.25, -0.2) is 0 Å². The predicted octanol–water partition coefficient (Wildman–Crippen LogP) is 3.41. The number of nitrogens with zero attached hydrogens (tertiary/aromatic N) is 1. The molecule has 0 N–H and O–H groups in total. The smallest absolute Gasteiger partial charge is 0.257 e. The topological polar surface area (TPSA) is 38.8 Å². The summed E-state index contributed by atoms with van der Waals surface area (Å²) in [7, 11) is 1.79. The molecule has 0 aliphatic carbocycles. The van der Waals surface area contributed by atoms with Crippen molar-refractivity contribution in [3.8, 4) is 11.5 Å². The predicted molar refractivity (Wildman–Crippen MR) is 86.6 cm³/mol. The highest BCUT2D eigenvalue weighted by molar-refractivity contribution is 7.98. The number of hydrogen-bond donors (Lipinski definition) is 0. The Kier molecular flexibility index (Phi) is 4.24. The number of para-hydroxylation sites is 1. The van der Waals surface area contributed by atoms with E-state index in [4.69, 9.17) is 9.47 Å². The Hall–Kier alpha value is -2.14. The maximum absolute atomic E-state index is 12.6. The number of rotatable bonds is 4. The van der Waals surface area contributed by atoms with Gasteiger partial charge in [-0.3, -0.25) is 4.79 Å². The van der Waals surface area contributed by atoms with Crippen molar-refractivity contribution in [2.24, 2.45) is 0 Å². The Morgan fingerprint density at radius 2 is 1.95 bits per heavy atom. The van der Waals surface area contributed by atoms with E-state index in [-0.39, 0.29) is 12.7 Å². The van der Waals surface area contributed by atoms with E-state index in [2.05, 4.69) is 12.1 Å². The Bertz CT molecular complexity index is 685. The van der Waals surface area contributed by atoms with Crippen molar-refractivity contribution in [3.63, 3.8) is 0 Å². The third kappa shape index (κ3) is 2.90. The lowest BCUT2D eigenvalue weighted by molar-refractivity contribution is 0.0780. The lowest BCUT2D eigenvalue weighted by Crippen LogP contribution is -2.26. The van der Waals surface area contributed by atoms with E-state index < -0.39 is 0 Å². The van der Waals surface area contributed by atoms with Gasteiger partial charge in [0.2, 0.25) is 6.79 Å². The van der Waals surface area contributed by atoms with Crippen molar-refractivity contribution in [2.45, 2.75) is 11.4 Å². The lowest BCUT2D eigenvalue weighted by atomic mass is 10.1. The molecular weight excluding hydrogens is 298 g/mol. The van der Waals surface area contributed by atoms with Crippen LogP contribution in [-0.4, -0.2) is 30.9 Å². The first kappa shape index (κ1) is 14.8. The molecule has 2 aromatic rings. The third-order valence-electron chi connectivity index (χ3n) is 3.55. The van der Waals surface area contributed by atoms with Gasteiger partial charge in [-0.15, -0.1) is 11.8 Å². The monoisotopic (exact) mass is 315 g/mol. The normalized spacial score (nSPS) is 12.3. The fourth-order valence-corrected chi connectivity index (χ4v) is 2.79. The molecule has 4 nitrogen and oxygen atoms in total. The van der Waals surface area contributed by atoms with Crippen molar-refractivity contribution in [2.75, 3.05) is 20.1 Å². The van der Waals surface area contributed by atoms with Crippen LogP contribution in [0.5, 0.6) is 11.5 Å². The largest absolute Gasteiger partial charge is 0.454 e. The zero-order valence-corrected chi connectivity index (χ0v) is 13.4. The van der Waals surface area contributed by atoms with E-state index in [1.165, 1.54) is 4.90 Å². The zero-order valence-electron chi connectivity index (χ0n) is 12.5. The summed E-state index contributed by atoms with van der Waals surface area (Å²) in [4.78, 5) is 15.5. The molecular formula is C17H17NO3S. The van der Waals surface area contributed by atoms with Crippen LogP contribution in [-0.2, 0) is 6.54 Å². The summed E-state index contributed by atoms with van der Waals surface area (Å²) in [6.45, 7) is 0.720. The van der Waals surface area contributed by atoms with Crippen LogP contribution in [0.4, 0.5) is 0 Å². The van der Waals surface area contributed by atoms with Gasteiger partial charge in [0.25, 0.3) is 5.91 Å². The van der Waals surface area contributed by atoms with Gasteiger partial charge in [-0.05, 0) is 36.1 Å². The number of fused-ring (bicyclic) bond motifs is 1. The summed E-state index contributed by atoms with van der Waals surface area (Å²) in [5.41, 5.74) is 1.64. The zero-order chi connectivity index (χ0) is 15.5. The molecule has 1 heterocycles. The van der Waals surface area contributed by atoms with Crippen LogP contribution < -0.4 is 9.47 Å². The minimum absolute atomic E-state index is 0.0729.